The molecule has 1 fully saturated rings. The van der Waals surface area contributed by atoms with Crippen LogP contribution in [-0.4, -0.2) is 29.5 Å². The second-order valence-corrected chi connectivity index (χ2v) is 5.73. The Labute approximate surface area is 127 Å². The SMILES string of the molecule is Cl.Nc1cccc2c1CCCN2C(=O)[C@@H]1CSC(=O)N1. The van der Waals surface area contributed by atoms with Crippen molar-refractivity contribution >= 4 is 46.7 Å². The molecule has 3 rings (SSSR count). The third-order valence-electron chi connectivity index (χ3n) is 3.52. The van der Waals surface area contributed by atoms with Gasteiger partial charge in [-0.3, -0.25) is 9.59 Å². The van der Waals surface area contributed by atoms with Gasteiger partial charge >= 0.3 is 0 Å². The Kier molecular flexibility index (Phi) is 4.45. The fourth-order valence-electron chi connectivity index (χ4n) is 2.59. The van der Waals surface area contributed by atoms with Crippen molar-refractivity contribution in [2.45, 2.75) is 18.9 Å². The maximum Gasteiger partial charge on any atom is 0.279 e. The highest BCUT2D eigenvalue weighted by Gasteiger charge is 2.34. The van der Waals surface area contributed by atoms with Crippen LogP contribution >= 0.6 is 24.2 Å². The van der Waals surface area contributed by atoms with E-state index in [1.165, 1.54) is 0 Å². The molecule has 3 N–H and O–H groups in total. The number of hydrogen-bond acceptors (Lipinski definition) is 4. The number of hydrogen-bond donors (Lipinski definition) is 2. The number of nitrogens with zero attached hydrogens (tertiary/aromatic N) is 1. The van der Waals surface area contributed by atoms with Crippen molar-refractivity contribution < 1.29 is 9.59 Å². The maximum atomic E-state index is 12.5. The Morgan fingerprint density at radius 1 is 1.45 bits per heavy atom. The van der Waals surface area contributed by atoms with Gasteiger partial charge in [0.1, 0.15) is 6.04 Å². The normalized spacial score (nSPS) is 20.9. The van der Waals surface area contributed by atoms with Gasteiger partial charge < -0.3 is 16.0 Å². The Hall–Kier alpha value is -1.40. The summed E-state index contributed by atoms with van der Waals surface area (Å²) in [6.07, 6.45) is 1.80. The molecule has 0 bridgehead atoms. The first-order chi connectivity index (χ1) is 9.16. The first-order valence-corrected chi connectivity index (χ1v) is 7.27. The minimum absolute atomic E-state index is 0. The van der Waals surface area contributed by atoms with Crippen molar-refractivity contribution in [3.63, 3.8) is 0 Å². The van der Waals surface area contributed by atoms with Crippen LogP contribution < -0.4 is 16.0 Å². The van der Waals surface area contributed by atoms with E-state index in [1.807, 2.05) is 18.2 Å². The molecule has 1 aromatic rings. The van der Waals surface area contributed by atoms with E-state index < -0.39 is 6.04 Å². The predicted molar refractivity (Wildman–Crippen MR) is 83.6 cm³/mol. The van der Waals surface area contributed by atoms with Crippen molar-refractivity contribution in [1.29, 1.82) is 0 Å². The van der Waals surface area contributed by atoms with Crippen LogP contribution in [-0.2, 0) is 11.2 Å². The number of thioether (sulfide) groups is 1. The van der Waals surface area contributed by atoms with Gasteiger partial charge in [-0.05, 0) is 30.5 Å². The highest BCUT2D eigenvalue weighted by Crippen LogP contribution is 2.32. The summed E-state index contributed by atoms with van der Waals surface area (Å²) in [5.41, 5.74) is 8.64. The van der Waals surface area contributed by atoms with Crippen molar-refractivity contribution in [3.05, 3.63) is 23.8 Å². The first-order valence-electron chi connectivity index (χ1n) is 6.29. The number of anilines is 2. The monoisotopic (exact) mass is 313 g/mol. The lowest BCUT2D eigenvalue weighted by atomic mass is 9.99. The van der Waals surface area contributed by atoms with Gasteiger partial charge in [0.25, 0.3) is 5.24 Å². The predicted octanol–water partition coefficient (Wildman–Crippen LogP) is 1.79. The number of nitrogens with one attached hydrogen (secondary N) is 1. The van der Waals surface area contributed by atoms with E-state index in [0.29, 0.717) is 12.3 Å². The van der Waals surface area contributed by atoms with Crippen molar-refractivity contribution in [2.24, 2.45) is 0 Å². The largest absolute Gasteiger partial charge is 0.398 e. The summed E-state index contributed by atoms with van der Waals surface area (Å²) >= 11 is 1.16. The molecule has 0 spiro atoms. The summed E-state index contributed by atoms with van der Waals surface area (Å²) in [6.45, 7) is 0.687. The molecule has 2 heterocycles. The first kappa shape index (κ1) is 15.0. The summed E-state index contributed by atoms with van der Waals surface area (Å²) in [6, 6.07) is 5.24. The smallest absolute Gasteiger partial charge is 0.279 e. The van der Waals surface area contributed by atoms with Gasteiger partial charge in [-0.15, -0.1) is 12.4 Å². The zero-order chi connectivity index (χ0) is 13.4. The molecule has 20 heavy (non-hydrogen) atoms. The van der Waals surface area contributed by atoms with Gasteiger partial charge in [0.15, 0.2) is 0 Å². The molecule has 1 aromatic carbocycles. The summed E-state index contributed by atoms with van der Waals surface area (Å²) in [7, 11) is 0. The fraction of sp³-hybridized carbons (Fsp3) is 0.385. The van der Waals surface area contributed by atoms with Crippen LogP contribution in [0.4, 0.5) is 16.2 Å². The minimum atomic E-state index is -0.412. The molecule has 2 aliphatic rings. The lowest BCUT2D eigenvalue weighted by Crippen LogP contribution is -2.47. The number of fused-ring (bicyclic) bond motifs is 1. The topological polar surface area (TPSA) is 75.4 Å². The van der Waals surface area contributed by atoms with Gasteiger partial charge in [-0.2, -0.15) is 0 Å². The quantitative estimate of drug-likeness (QED) is 0.775. The molecule has 1 saturated heterocycles. The molecule has 2 amide bonds. The van der Waals surface area contributed by atoms with E-state index >= 15 is 0 Å². The average Bonchev–Trinajstić information content (AvgIpc) is 2.85. The molecular formula is C13H16ClN3O2S. The molecule has 7 heteroatoms. The van der Waals surface area contributed by atoms with Crippen LogP contribution in [0.2, 0.25) is 0 Å². The summed E-state index contributed by atoms with van der Waals surface area (Å²) in [4.78, 5) is 25.4. The number of carbonyl (C=O) groups excluding carboxylic acids is 2. The number of halogens is 1. The zero-order valence-corrected chi connectivity index (χ0v) is 12.4. The van der Waals surface area contributed by atoms with Crippen LogP contribution in [0, 0.1) is 0 Å². The van der Waals surface area contributed by atoms with E-state index in [4.69, 9.17) is 5.73 Å². The van der Waals surface area contributed by atoms with Gasteiger partial charge in [0.2, 0.25) is 5.91 Å². The zero-order valence-electron chi connectivity index (χ0n) is 10.8. The van der Waals surface area contributed by atoms with E-state index in [1.54, 1.807) is 4.90 Å². The Morgan fingerprint density at radius 3 is 2.95 bits per heavy atom. The molecule has 0 radical (unpaired) electrons. The van der Waals surface area contributed by atoms with Crippen LogP contribution in [0.15, 0.2) is 18.2 Å². The summed E-state index contributed by atoms with van der Waals surface area (Å²) < 4.78 is 0. The van der Waals surface area contributed by atoms with Crippen molar-refractivity contribution in [1.82, 2.24) is 5.32 Å². The van der Waals surface area contributed by atoms with E-state index in [9.17, 15) is 9.59 Å². The lowest BCUT2D eigenvalue weighted by molar-refractivity contribution is -0.119. The lowest BCUT2D eigenvalue weighted by Gasteiger charge is -2.31. The Morgan fingerprint density at radius 2 is 2.25 bits per heavy atom. The number of amides is 2. The number of rotatable bonds is 1. The van der Waals surface area contributed by atoms with Gasteiger partial charge in [0, 0.05) is 23.7 Å². The van der Waals surface area contributed by atoms with E-state index in [-0.39, 0.29) is 23.6 Å². The fourth-order valence-corrected chi connectivity index (χ4v) is 3.36. The van der Waals surface area contributed by atoms with Crippen LogP contribution in [0.25, 0.3) is 0 Å². The third kappa shape index (κ3) is 2.58. The van der Waals surface area contributed by atoms with E-state index in [2.05, 4.69) is 5.32 Å². The molecular weight excluding hydrogens is 298 g/mol. The highest BCUT2D eigenvalue weighted by molar-refractivity contribution is 8.14. The average molecular weight is 314 g/mol. The molecule has 5 nitrogen and oxygen atoms in total. The summed E-state index contributed by atoms with van der Waals surface area (Å²) in [5.74, 6) is 0.469. The third-order valence-corrected chi connectivity index (χ3v) is 4.40. The molecule has 0 aliphatic carbocycles. The molecule has 1 atom stereocenters. The number of benzene rings is 1. The van der Waals surface area contributed by atoms with E-state index in [0.717, 1.165) is 41.5 Å². The molecule has 108 valence electrons. The summed E-state index contributed by atoms with van der Waals surface area (Å²) in [5, 5.41) is 2.58. The second-order valence-electron chi connectivity index (χ2n) is 4.73. The van der Waals surface area contributed by atoms with Gasteiger partial charge in [-0.25, -0.2) is 0 Å². The van der Waals surface area contributed by atoms with Crippen molar-refractivity contribution in [2.75, 3.05) is 22.9 Å². The van der Waals surface area contributed by atoms with Gasteiger partial charge in [-0.1, -0.05) is 17.8 Å². The Balaban J connectivity index is 0.00000147. The maximum absolute atomic E-state index is 12.5. The standard InChI is InChI=1S/C13H15N3O2S.ClH/c14-9-4-1-5-11-8(9)3-2-6-16(11)12(17)10-7-19-13(18)15-10;/h1,4-5,10H,2-3,6-7,14H2,(H,15,18);1H/t10-;/m0./s1. The second kappa shape index (κ2) is 5.93. The molecule has 0 aromatic heterocycles. The number of nitrogens with two attached hydrogens (primary N) is 1. The minimum Gasteiger partial charge on any atom is -0.398 e. The van der Waals surface area contributed by atoms with Crippen LogP contribution in [0.5, 0.6) is 0 Å². The van der Waals surface area contributed by atoms with Crippen LogP contribution in [0.3, 0.4) is 0 Å². The Bertz CT molecular complexity index is 552. The molecule has 0 unspecified atom stereocenters. The number of carbonyl (C=O) groups is 2. The van der Waals surface area contributed by atoms with Gasteiger partial charge in [0.05, 0.1) is 0 Å². The van der Waals surface area contributed by atoms with Crippen molar-refractivity contribution in [3.8, 4) is 0 Å². The van der Waals surface area contributed by atoms with Crippen LogP contribution in [0.1, 0.15) is 12.0 Å². The molecule has 2 aliphatic heterocycles. The molecule has 0 saturated carbocycles. The highest BCUT2D eigenvalue weighted by atomic mass is 35.5. The number of nitrogen functional groups attached to an aromatic ring is 1.